The number of aryl methyl sites for hydroxylation is 1. The van der Waals surface area contributed by atoms with Gasteiger partial charge in [0.05, 0.1) is 17.1 Å². The zero-order valence-electron chi connectivity index (χ0n) is 13.4. The second kappa shape index (κ2) is 8.04. The van der Waals surface area contributed by atoms with E-state index in [1.54, 1.807) is 32.2 Å². The highest BCUT2D eigenvalue weighted by molar-refractivity contribution is 6.32. The van der Waals surface area contributed by atoms with E-state index in [0.29, 0.717) is 41.0 Å². The van der Waals surface area contributed by atoms with Crippen molar-refractivity contribution < 1.29 is 18.7 Å². The summed E-state index contributed by atoms with van der Waals surface area (Å²) in [7, 11) is 1.57. The topological polar surface area (TPSA) is 60.7 Å². The Morgan fingerprint density at radius 2 is 2.13 bits per heavy atom. The molecule has 0 fully saturated rings. The van der Waals surface area contributed by atoms with Gasteiger partial charge in [0.2, 0.25) is 0 Å². The number of benzene rings is 1. The average molecular weight is 338 g/mol. The van der Waals surface area contributed by atoms with Crippen LogP contribution in [0.1, 0.15) is 28.8 Å². The Hall–Kier alpha value is -1.98. The molecule has 5 nitrogen and oxygen atoms in total. The molecule has 0 spiro atoms. The monoisotopic (exact) mass is 337 g/mol. The van der Waals surface area contributed by atoms with Gasteiger partial charge in [-0.25, -0.2) is 0 Å². The molecule has 0 aliphatic rings. The molecule has 1 aromatic heterocycles. The van der Waals surface area contributed by atoms with Crippen LogP contribution in [0.2, 0.25) is 5.02 Å². The summed E-state index contributed by atoms with van der Waals surface area (Å²) in [5.41, 5.74) is 0.502. The molecule has 1 unspecified atom stereocenters. The third-order valence-electron chi connectivity index (χ3n) is 3.21. The number of hydrogen-bond acceptors (Lipinski definition) is 4. The summed E-state index contributed by atoms with van der Waals surface area (Å²) in [5.74, 6) is 1.57. The van der Waals surface area contributed by atoms with Gasteiger partial charge in [0, 0.05) is 7.11 Å². The summed E-state index contributed by atoms with van der Waals surface area (Å²) in [6, 6.07) is 8.92. The molecular formula is C17H20ClNO4. The van der Waals surface area contributed by atoms with Crippen molar-refractivity contribution in [2.45, 2.75) is 26.6 Å². The minimum atomic E-state index is -0.218. The lowest BCUT2D eigenvalue weighted by atomic mass is 10.2. The molecule has 1 aromatic carbocycles. The fourth-order valence-electron chi connectivity index (χ4n) is 2.11. The summed E-state index contributed by atoms with van der Waals surface area (Å²) >= 11 is 6.04. The minimum absolute atomic E-state index is 0.205. The number of amides is 1. The zero-order valence-corrected chi connectivity index (χ0v) is 14.1. The van der Waals surface area contributed by atoms with Crippen LogP contribution < -0.4 is 10.1 Å². The second-order valence-electron chi connectivity index (χ2n) is 5.18. The first-order valence-corrected chi connectivity index (χ1v) is 7.66. The van der Waals surface area contributed by atoms with Gasteiger partial charge in [0.25, 0.3) is 5.91 Å². The first-order valence-electron chi connectivity index (χ1n) is 7.29. The highest BCUT2D eigenvalue weighted by Gasteiger charge is 2.16. The predicted octanol–water partition coefficient (Wildman–Crippen LogP) is 3.59. The Bertz CT molecular complexity index is 668. The lowest BCUT2D eigenvalue weighted by Crippen LogP contribution is -2.33. The molecule has 0 saturated heterocycles. The number of carbonyl (C=O) groups excluding carboxylic acids is 1. The average Bonchev–Trinajstić information content (AvgIpc) is 2.88. The van der Waals surface area contributed by atoms with E-state index in [0.717, 1.165) is 0 Å². The number of hydrogen-bond donors (Lipinski definition) is 1. The molecule has 1 amide bonds. The van der Waals surface area contributed by atoms with Crippen LogP contribution in [0.3, 0.4) is 0 Å². The maximum atomic E-state index is 12.2. The number of methoxy groups -OCH3 is 1. The van der Waals surface area contributed by atoms with E-state index in [4.69, 9.17) is 25.5 Å². The zero-order chi connectivity index (χ0) is 16.8. The fraction of sp³-hybridized carbons (Fsp3) is 0.353. The van der Waals surface area contributed by atoms with Gasteiger partial charge in [-0.15, -0.1) is 0 Å². The standard InChI is InChI=1S/C17H20ClNO4/c1-11(22-16-7-5-4-6-15(16)18)9-19-17(20)14-8-13(10-21-3)23-12(14)2/h4-8,11H,9-10H2,1-3H3,(H,19,20). The number of furan rings is 1. The van der Waals surface area contributed by atoms with Crippen LogP contribution in [0.5, 0.6) is 5.75 Å². The van der Waals surface area contributed by atoms with E-state index < -0.39 is 0 Å². The first kappa shape index (κ1) is 17.4. The van der Waals surface area contributed by atoms with Gasteiger partial charge >= 0.3 is 0 Å². The molecule has 1 N–H and O–H groups in total. The fourth-order valence-corrected chi connectivity index (χ4v) is 2.29. The van der Waals surface area contributed by atoms with Crippen LogP contribution in [0.25, 0.3) is 0 Å². The van der Waals surface area contributed by atoms with Crippen molar-refractivity contribution in [2.24, 2.45) is 0 Å². The van der Waals surface area contributed by atoms with Crippen LogP contribution in [-0.2, 0) is 11.3 Å². The molecule has 124 valence electrons. The molecule has 1 heterocycles. The molecular weight excluding hydrogens is 318 g/mol. The number of rotatable bonds is 7. The van der Waals surface area contributed by atoms with Gasteiger partial charge in [0.15, 0.2) is 0 Å². The van der Waals surface area contributed by atoms with Gasteiger partial charge in [-0.05, 0) is 32.0 Å². The largest absolute Gasteiger partial charge is 0.487 e. The Balaban J connectivity index is 1.90. The molecule has 0 aliphatic carbocycles. The number of ether oxygens (including phenoxy) is 2. The molecule has 2 rings (SSSR count). The van der Waals surface area contributed by atoms with Crippen molar-refractivity contribution in [3.05, 3.63) is 52.4 Å². The Morgan fingerprint density at radius 3 is 2.83 bits per heavy atom. The van der Waals surface area contributed by atoms with E-state index in [9.17, 15) is 4.79 Å². The van der Waals surface area contributed by atoms with E-state index in [2.05, 4.69) is 5.32 Å². The third kappa shape index (κ3) is 4.74. The summed E-state index contributed by atoms with van der Waals surface area (Å²) in [4.78, 5) is 12.2. The SMILES string of the molecule is COCc1cc(C(=O)NCC(C)Oc2ccccc2Cl)c(C)o1. The van der Waals surface area contributed by atoms with E-state index in [1.807, 2.05) is 19.1 Å². The lowest BCUT2D eigenvalue weighted by Gasteiger charge is -2.16. The third-order valence-corrected chi connectivity index (χ3v) is 3.53. The summed E-state index contributed by atoms with van der Waals surface area (Å²) in [6.45, 7) is 4.30. The lowest BCUT2D eigenvalue weighted by molar-refractivity contribution is 0.0930. The molecule has 2 aromatic rings. The molecule has 1 atom stereocenters. The second-order valence-corrected chi connectivity index (χ2v) is 5.59. The van der Waals surface area contributed by atoms with Crippen LogP contribution >= 0.6 is 11.6 Å². The van der Waals surface area contributed by atoms with Crippen molar-refractivity contribution in [1.29, 1.82) is 0 Å². The van der Waals surface area contributed by atoms with Gasteiger partial charge in [-0.1, -0.05) is 23.7 Å². The van der Waals surface area contributed by atoms with E-state index >= 15 is 0 Å². The molecule has 0 radical (unpaired) electrons. The summed E-state index contributed by atoms with van der Waals surface area (Å²) in [6.07, 6.45) is -0.218. The quantitative estimate of drug-likeness (QED) is 0.838. The highest BCUT2D eigenvalue weighted by Crippen LogP contribution is 2.24. The van der Waals surface area contributed by atoms with E-state index in [1.165, 1.54) is 0 Å². The van der Waals surface area contributed by atoms with Crippen molar-refractivity contribution in [1.82, 2.24) is 5.32 Å². The number of halogens is 1. The predicted molar refractivity (Wildman–Crippen MR) is 88.0 cm³/mol. The Kier molecular flexibility index (Phi) is 6.07. The maximum Gasteiger partial charge on any atom is 0.254 e. The molecule has 6 heteroatoms. The van der Waals surface area contributed by atoms with Crippen molar-refractivity contribution in [3.63, 3.8) is 0 Å². The summed E-state index contributed by atoms with van der Waals surface area (Å²) < 4.78 is 16.2. The van der Waals surface area contributed by atoms with Crippen molar-refractivity contribution in [3.8, 4) is 5.75 Å². The van der Waals surface area contributed by atoms with Crippen LogP contribution in [0.4, 0.5) is 0 Å². The Labute approximate surface area is 140 Å². The number of para-hydroxylation sites is 1. The Morgan fingerprint density at radius 1 is 1.39 bits per heavy atom. The number of nitrogens with one attached hydrogen (secondary N) is 1. The van der Waals surface area contributed by atoms with Gasteiger partial charge < -0.3 is 19.2 Å². The van der Waals surface area contributed by atoms with Crippen molar-refractivity contribution >= 4 is 17.5 Å². The van der Waals surface area contributed by atoms with Crippen LogP contribution in [0.15, 0.2) is 34.7 Å². The molecule has 0 saturated carbocycles. The van der Waals surface area contributed by atoms with Gasteiger partial charge in [-0.3, -0.25) is 4.79 Å². The minimum Gasteiger partial charge on any atom is -0.487 e. The van der Waals surface area contributed by atoms with Gasteiger partial charge in [0.1, 0.15) is 30.0 Å². The summed E-state index contributed by atoms with van der Waals surface area (Å²) in [5, 5.41) is 3.37. The number of carbonyl (C=O) groups is 1. The maximum absolute atomic E-state index is 12.2. The molecule has 23 heavy (non-hydrogen) atoms. The highest BCUT2D eigenvalue weighted by atomic mass is 35.5. The molecule has 0 aliphatic heterocycles. The van der Waals surface area contributed by atoms with E-state index in [-0.39, 0.29) is 12.0 Å². The van der Waals surface area contributed by atoms with Crippen molar-refractivity contribution in [2.75, 3.05) is 13.7 Å². The normalized spacial score (nSPS) is 12.0. The smallest absolute Gasteiger partial charge is 0.254 e. The van der Waals surface area contributed by atoms with Crippen LogP contribution in [0, 0.1) is 6.92 Å². The molecule has 0 bridgehead atoms. The first-order chi connectivity index (χ1) is 11.0. The van der Waals surface area contributed by atoms with Gasteiger partial charge in [-0.2, -0.15) is 0 Å². The van der Waals surface area contributed by atoms with Crippen LogP contribution in [-0.4, -0.2) is 25.7 Å².